The first-order valence-electron chi connectivity index (χ1n) is 37.6. The van der Waals surface area contributed by atoms with E-state index in [-0.39, 0.29) is 51.7 Å². The smallest absolute Gasteiger partial charge is 0.327 e. The van der Waals surface area contributed by atoms with E-state index in [9.17, 15) is 25.9 Å². The van der Waals surface area contributed by atoms with Crippen molar-refractivity contribution in [2.45, 2.75) is 177 Å². The molecule has 1 atom stereocenters. The number of fused-ring (bicyclic) bond motifs is 4. The molecule has 0 amide bonds. The Morgan fingerprint density at radius 2 is 1.05 bits per heavy atom. The van der Waals surface area contributed by atoms with Crippen molar-refractivity contribution in [1.29, 1.82) is 0 Å². The van der Waals surface area contributed by atoms with Crippen molar-refractivity contribution in [2.24, 2.45) is 30.8 Å². The van der Waals surface area contributed by atoms with Gasteiger partial charge >= 0.3 is 11.6 Å². The van der Waals surface area contributed by atoms with E-state index in [0.29, 0.717) is 45.2 Å². The zero-order valence-corrected chi connectivity index (χ0v) is 77.9. The number of hydrogen-bond acceptors (Lipinski definition) is 14. The number of nitrogens with zero attached hydrogens (tertiary/aromatic N) is 10. The normalized spacial score (nSPS) is 21.0. The number of pyridine rings is 2. The van der Waals surface area contributed by atoms with Gasteiger partial charge in [-0.05, 0) is 174 Å². The van der Waals surface area contributed by atoms with Gasteiger partial charge in [0.25, 0.3) is 0 Å². The molecule has 2 aromatic heterocycles. The van der Waals surface area contributed by atoms with E-state index in [1.54, 1.807) is 6.92 Å². The van der Waals surface area contributed by atoms with Crippen LogP contribution in [0.25, 0.3) is 0 Å². The van der Waals surface area contributed by atoms with Crippen LogP contribution in [0.5, 0.6) is 0 Å². The molecule has 1 N–H and O–H groups in total. The van der Waals surface area contributed by atoms with Crippen LogP contribution in [0.3, 0.4) is 0 Å². The standard InChI is InChI=1S/C41H53ClN5O3S.C37H48ClN5O3S.C4H5I.C2H5.CH4O.I2.V/c1-8-10-12-23-45-25-15-17-33-38(45)43-35(40(33,3)4)21-19-31-29-47(7,27-11-9-2)30-32(37(31)42)20-22-36-41(5,6)34-18-16-26-46(39(34)44-36)24-13-14-28-51(48,49)50;1-7-8-9-20-42-22-12-14-29-34(42)39-31(36(29,2)3)18-16-27-25-41(6)26-28(33(27)38)17-19-32-37(4,5)30-15-13-23-43(35(30)40-32)21-10-11-24-47(44,45)46;1-2-3-4-5;3*1-2;/h2,15-22,25-26H,8,10-14,23-24,27-30H2,1,3-7H3;12-19,22-23H,7-11,20-21,24-26H2,1-6H3;1H,3-4H2;1H2,2H3;2H,1H3;;/q+1;;;-1;;;. The minimum atomic E-state index is -4.22. The summed E-state index contributed by atoms with van der Waals surface area (Å²) in [6, 6.07) is 8.66. The van der Waals surface area contributed by atoms with Gasteiger partial charge in [-0.2, -0.15) is 6.92 Å². The van der Waals surface area contributed by atoms with E-state index in [1.807, 2.05) is 34.4 Å². The number of aromatic nitrogens is 2. The van der Waals surface area contributed by atoms with Crippen LogP contribution in [-0.2, 0) is 62.7 Å². The Kier molecular flexibility index (Phi) is 40.8. The number of hydrogen-bond donors (Lipinski definition) is 1. The van der Waals surface area contributed by atoms with E-state index < -0.39 is 20.2 Å². The average molecular weight is 1960 g/mol. The van der Waals surface area contributed by atoms with Crippen LogP contribution in [0.15, 0.2) is 197 Å². The van der Waals surface area contributed by atoms with Crippen LogP contribution in [0, 0.1) is 42.4 Å². The van der Waals surface area contributed by atoms with Gasteiger partial charge in [0.05, 0.1) is 104 Å². The van der Waals surface area contributed by atoms with Gasteiger partial charge in [-0.3, -0.25) is 4.90 Å². The van der Waals surface area contributed by atoms with Gasteiger partial charge in [-0.15, -0.1) is 24.7 Å². The minimum absolute atomic E-state index is 0. The van der Waals surface area contributed by atoms with Gasteiger partial charge in [0.15, 0.2) is 11.4 Å². The number of allylic oxidation sites excluding steroid dienone is 12. The van der Waals surface area contributed by atoms with Crippen molar-refractivity contribution >= 4 is 138 Å². The summed E-state index contributed by atoms with van der Waals surface area (Å²) in [6.07, 6.45) is 54.4. The topological polar surface area (TPSA) is 202 Å². The maximum Gasteiger partial charge on any atom is 0.327 e. The van der Waals surface area contributed by atoms with Gasteiger partial charge in [0, 0.05) is 162 Å². The number of aliphatic imine (C=N–C) groups is 4. The second-order valence-electron chi connectivity index (χ2n) is 30.1. The molecule has 0 aliphatic carbocycles. The molecule has 10 heterocycles. The third-order valence-electron chi connectivity index (χ3n) is 20.3. The summed E-state index contributed by atoms with van der Waals surface area (Å²) in [6.45, 7) is 34.0. The second-order valence-corrected chi connectivity index (χ2v) is 35.0. The van der Waals surface area contributed by atoms with E-state index in [1.165, 1.54) is 36.8 Å². The largest absolute Gasteiger partial charge is 0.748 e. The molecule has 0 fully saturated rings. The van der Waals surface area contributed by atoms with E-state index in [4.69, 9.17) is 61.1 Å². The number of aliphatic hydroxyl groups is 1. The Labute approximate surface area is 719 Å². The number of alkyl halides is 1. The van der Waals surface area contributed by atoms with E-state index >= 15 is 0 Å². The monoisotopic (exact) mass is 1950 g/mol. The summed E-state index contributed by atoms with van der Waals surface area (Å²) in [5.74, 6) is 8.47. The van der Waals surface area contributed by atoms with E-state index in [0.717, 1.165) is 171 Å². The summed E-state index contributed by atoms with van der Waals surface area (Å²) in [5, 5.41) is 8.51. The van der Waals surface area contributed by atoms with Crippen molar-refractivity contribution in [3.63, 3.8) is 0 Å². The van der Waals surface area contributed by atoms with Crippen molar-refractivity contribution in [2.75, 3.05) is 83.0 Å². The van der Waals surface area contributed by atoms with Gasteiger partial charge in [0.1, 0.15) is 24.8 Å². The fourth-order valence-electron chi connectivity index (χ4n) is 14.1. The predicted octanol–water partition coefficient (Wildman–Crippen LogP) is 17.9. The summed E-state index contributed by atoms with van der Waals surface area (Å²) in [4.78, 5) is 26.8. The molecule has 110 heavy (non-hydrogen) atoms. The molecule has 0 aromatic carbocycles. The van der Waals surface area contributed by atoms with Gasteiger partial charge in [-0.1, -0.05) is 131 Å². The number of terminal acetylenes is 2. The Hall–Kier alpha value is -4.37. The number of rotatable bonds is 27. The molecule has 0 spiro atoms. The van der Waals surface area contributed by atoms with Gasteiger partial charge < -0.3 is 35.4 Å². The summed E-state index contributed by atoms with van der Waals surface area (Å²) in [5.41, 5.74) is 11.7. The molecular weight excluding hydrogens is 1840 g/mol. The molecule has 0 saturated carbocycles. The van der Waals surface area contributed by atoms with Crippen molar-refractivity contribution < 1.29 is 63.2 Å². The number of aliphatic hydroxyl groups excluding tert-OH is 1. The fraction of sp³-hybridized carbons (Fsp3) is 0.494. The molecule has 8 aliphatic heterocycles. The third-order valence-corrected chi connectivity index (χ3v) is 23.4. The summed E-state index contributed by atoms with van der Waals surface area (Å²) >= 11 is 20.8. The third kappa shape index (κ3) is 26.6. The first-order valence-corrected chi connectivity index (χ1v) is 49.3. The van der Waals surface area contributed by atoms with Crippen LogP contribution in [0.1, 0.15) is 164 Å². The second kappa shape index (κ2) is 45.8. The van der Waals surface area contributed by atoms with Crippen LogP contribution in [-0.4, -0.2) is 156 Å². The number of amidine groups is 2. The molecule has 8 aliphatic rings. The fourth-order valence-corrected chi connectivity index (χ4v) is 16.0. The van der Waals surface area contributed by atoms with Crippen LogP contribution in [0.4, 0.5) is 11.6 Å². The SMILES string of the molecule is C#CCCI.C#CCC[N+]1(C)CC(/C=C/C2=Nc3c(ccc[n+]3CCCCC)C2(C)C)=C(Cl)C(=C/C=C2/N=C3C(=CC=CN3CCCCS(=O)(=O)[O-])C2(C)C)/C1.CCCCC[n+]1cccc2c1N=C(/C=C/C1=C(Cl)C(=C/C=C3/N=C4C(=CC=CN4CCCCS(=O)(=O)[O-])C3(C)C)/CN(C)C1)C2(C)C.CO.II.[CH2-]C.[V]. The van der Waals surface area contributed by atoms with Crippen LogP contribution < -0.4 is 9.13 Å². The molecule has 17 nitrogen and oxygen atoms in total. The van der Waals surface area contributed by atoms with Crippen LogP contribution in [0.2, 0.25) is 0 Å². The summed E-state index contributed by atoms with van der Waals surface area (Å²) < 4.78 is 72.7. The Morgan fingerprint density at radius 1 is 0.618 bits per heavy atom. The molecule has 2 aromatic rings. The number of aryl methyl sites for hydroxylation is 2. The zero-order valence-electron chi connectivity index (χ0n) is 66.9. The molecule has 1 radical (unpaired) electrons. The Bertz CT molecular complexity index is 4410. The first-order chi connectivity index (χ1) is 51.7. The first kappa shape index (κ1) is 98.0. The van der Waals surface area contributed by atoms with Crippen molar-refractivity contribution in [3.05, 3.63) is 195 Å². The molecule has 599 valence electrons. The molecule has 0 bridgehead atoms. The molecule has 0 saturated heterocycles. The van der Waals surface area contributed by atoms with Crippen LogP contribution >= 0.6 is 83.0 Å². The van der Waals surface area contributed by atoms with Gasteiger partial charge in [0.2, 0.25) is 0 Å². The average Bonchev–Trinajstić information content (AvgIpc) is 1.61. The predicted molar refractivity (Wildman–Crippen MR) is 478 cm³/mol. The Morgan fingerprint density at radius 3 is 1.45 bits per heavy atom. The van der Waals surface area contributed by atoms with Crippen molar-refractivity contribution in [3.8, 4) is 24.7 Å². The number of halogens is 5. The minimum Gasteiger partial charge on any atom is -0.748 e. The molecule has 25 heteroatoms. The van der Waals surface area contributed by atoms with Gasteiger partial charge in [-0.25, -0.2) is 36.0 Å². The quantitative estimate of drug-likeness (QED) is 0.0131. The zero-order chi connectivity index (χ0) is 81.1. The molecular formula is C85H115Cl2I3N10O7S2V. The number of unbranched alkanes of at least 4 members (excludes halogenated alkanes) is 6. The van der Waals surface area contributed by atoms with E-state index in [2.05, 4.69) is 273 Å². The summed E-state index contributed by atoms with van der Waals surface area (Å²) in [7, 11) is -3.09. The number of quaternary nitrogens is 1. The van der Waals surface area contributed by atoms with Crippen molar-refractivity contribution in [1.82, 2.24) is 14.7 Å². The maximum atomic E-state index is 11.1. The molecule has 1 unspecified atom stereocenters. The molecule has 10 rings (SSSR count). The Balaban J connectivity index is 0.000000409. The maximum absolute atomic E-state index is 11.1. The number of likely N-dealkylation sites (N-methyl/N-ethyl adjacent to an activating group) is 2.